The van der Waals surface area contributed by atoms with E-state index in [0.29, 0.717) is 0 Å². The number of benzene rings is 1. The quantitative estimate of drug-likeness (QED) is 0.760. The summed E-state index contributed by atoms with van der Waals surface area (Å²) >= 11 is 0. The van der Waals surface area contributed by atoms with Gasteiger partial charge in [0.05, 0.1) is 12.0 Å². The van der Waals surface area contributed by atoms with Crippen molar-refractivity contribution in [2.24, 2.45) is 5.92 Å². The van der Waals surface area contributed by atoms with Crippen molar-refractivity contribution in [2.75, 3.05) is 0 Å². The Kier molecular flexibility index (Phi) is 4.18. The van der Waals surface area contributed by atoms with E-state index < -0.39 is 0 Å². The van der Waals surface area contributed by atoms with Crippen molar-refractivity contribution in [3.8, 4) is 5.69 Å². The molecule has 0 saturated carbocycles. The van der Waals surface area contributed by atoms with Gasteiger partial charge in [0.15, 0.2) is 0 Å². The molecule has 0 radical (unpaired) electrons. The van der Waals surface area contributed by atoms with Gasteiger partial charge in [-0.3, -0.25) is 0 Å². The standard InChI is InChI=1S/C18H22N2O/c1-2-3-6-14(12-21)11-16-18-10-9-15-7-4-5-8-17(15)20(18)13-19-16/h4-5,7-8,12-14H,2-3,6,9-11H2,1H3/t14-/m1/s1. The first kappa shape index (κ1) is 14.1. The van der Waals surface area contributed by atoms with Crippen molar-refractivity contribution in [2.45, 2.75) is 45.4 Å². The van der Waals surface area contributed by atoms with Crippen molar-refractivity contribution < 1.29 is 4.79 Å². The molecule has 0 spiro atoms. The summed E-state index contributed by atoms with van der Waals surface area (Å²) in [5.74, 6) is 0.113. The molecule has 0 fully saturated rings. The molecule has 3 rings (SSSR count). The van der Waals surface area contributed by atoms with Crippen molar-refractivity contribution in [3.63, 3.8) is 0 Å². The van der Waals surface area contributed by atoms with Gasteiger partial charge < -0.3 is 9.36 Å². The molecule has 2 aromatic rings. The highest BCUT2D eigenvalue weighted by molar-refractivity contribution is 5.54. The number of carbonyl (C=O) groups is 1. The topological polar surface area (TPSA) is 34.9 Å². The van der Waals surface area contributed by atoms with E-state index in [9.17, 15) is 4.79 Å². The Morgan fingerprint density at radius 2 is 2.19 bits per heavy atom. The molecule has 1 aromatic heterocycles. The zero-order chi connectivity index (χ0) is 14.7. The van der Waals surface area contributed by atoms with E-state index in [0.717, 1.165) is 50.5 Å². The van der Waals surface area contributed by atoms with Gasteiger partial charge in [0.2, 0.25) is 0 Å². The van der Waals surface area contributed by atoms with Crippen LogP contribution in [0.3, 0.4) is 0 Å². The summed E-state index contributed by atoms with van der Waals surface area (Å²) in [6.45, 7) is 2.16. The first-order chi connectivity index (χ1) is 10.3. The summed E-state index contributed by atoms with van der Waals surface area (Å²) in [7, 11) is 0. The maximum Gasteiger partial charge on any atom is 0.123 e. The zero-order valence-electron chi connectivity index (χ0n) is 12.6. The summed E-state index contributed by atoms with van der Waals surface area (Å²) in [4.78, 5) is 15.9. The average molecular weight is 282 g/mol. The smallest absolute Gasteiger partial charge is 0.123 e. The molecular weight excluding hydrogens is 260 g/mol. The normalized spacial score (nSPS) is 14.3. The molecule has 1 aliphatic heterocycles. The molecule has 1 atom stereocenters. The van der Waals surface area contributed by atoms with Crippen LogP contribution >= 0.6 is 0 Å². The number of aryl methyl sites for hydroxylation is 1. The van der Waals surface area contributed by atoms with Crippen LogP contribution in [-0.4, -0.2) is 15.8 Å². The first-order valence-electron chi connectivity index (χ1n) is 7.92. The Morgan fingerprint density at radius 1 is 1.33 bits per heavy atom. The maximum atomic E-state index is 11.3. The fraction of sp³-hybridized carbons (Fsp3) is 0.444. The average Bonchev–Trinajstić information content (AvgIpc) is 2.94. The predicted molar refractivity (Wildman–Crippen MR) is 83.8 cm³/mol. The van der Waals surface area contributed by atoms with Crippen LogP contribution in [0.4, 0.5) is 0 Å². The lowest BCUT2D eigenvalue weighted by atomic mass is 9.95. The lowest BCUT2D eigenvalue weighted by Gasteiger charge is -2.20. The number of nitrogens with zero attached hydrogens (tertiary/aromatic N) is 2. The van der Waals surface area contributed by atoms with Gasteiger partial charge >= 0.3 is 0 Å². The highest BCUT2D eigenvalue weighted by atomic mass is 16.1. The fourth-order valence-electron chi connectivity index (χ4n) is 3.20. The van der Waals surface area contributed by atoms with Gasteiger partial charge in [0.25, 0.3) is 0 Å². The molecule has 0 N–H and O–H groups in total. The third-order valence-electron chi connectivity index (χ3n) is 4.41. The monoisotopic (exact) mass is 282 g/mol. The van der Waals surface area contributed by atoms with Gasteiger partial charge in [-0.15, -0.1) is 0 Å². The molecular formula is C18H22N2O. The third kappa shape index (κ3) is 2.78. The van der Waals surface area contributed by atoms with Crippen LogP contribution in [0.1, 0.15) is 43.1 Å². The highest BCUT2D eigenvalue weighted by Crippen LogP contribution is 2.27. The number of rotatable bonds is 6. The number of fused-ring (bicyclic) bond motifs is 3. The number of para-hydroxylation sites is 1. The summed E-state index contributed by atoms with van der Waals surface area (Å²) in [5.41, 5.74) is 5.02. The van der Waals surface area contributed by atoms with E-state index in [1.807, 2.05) is 6.33 Å². The van der Waals surface area contributed by atoms with Crippen molar-refractivity contribution in [1.82, 2.24) is 9.55 Å². The second-order valence-corrected chi connectivity index (χ2v) is 5.88. The molecule has 1 aliphatic rings. The van der Waals surface area contributed by atoms with Crippen LogP contribution < -0.4 is 0 Å². The lowest BCUT2D eigenvalue weighted by Crippen LogP contribution is -2.14. The van der Waals surface area contributed by atoms with E-state index in [-0.39, 0.29) is 5.92 Å². The van der Waals surface area contributed by atoms with Gasteiger partial charge in [-0.1, -0.05) is 38.0 Å². The van der Waals surface area contributed by atoms with E-state index >= 15 is 0 Å². The van der Waals surface area contributed by atoms with Crippen LogP contribution in [0.2, 0.25) is 0 Å². The largest absolute Gasteiger partial charge is 0.303 e. The molecule has 3 heteroatoms. The summed E-state index contributed by atoms with van der Waals surface area (Å²) < 4.78 is 2.20. The molecule has 2 heterocycles. The molecule has 0 saturated heterocycles. The van der Waals surface area contributed by atoms with Crippen LogP contribution in [0.5, 0.6) is 0 Å². The molecule has 0 unspecified atom stereocenters. The Morgan fingerprint density at radius 3 is 3.00 bits per heavy atom. The van der Waals surface area contributed by atoms with Gasteiger partial charge in [0.1, 0.15) is 6.29 Å². The van der Waals surface area contributed by atoms with Gasteiger partial charge in [-0.05, 0) is 30.9 Å². The second kappa shape index (κ2) is 6.25. The van der Waals surface area contributed by atoms with Gasteiger partial charge in [0, 0.05) is 23.7 Å². The minimum absolute atomic E-state index is 0.113. The SMILES string of the molecule is CCCC[C@@H](C=O)Cc1ncn2c1CCc1ccccc1-2. The zero-order valence-corrected chi connectivity index (χ0v) is 12.6. The van der Waals surface area contributed by atoms with Crippen LogP contribution in [0, 0.1) is 5.92 Å². The predicted octanol–water partition coefficient (Wildman–Crippen LogP) is 3.52. The van der Waals surface area contributed by atoms with E-state index in [2.05, 4.69) is 40.7 Å². The Balaban J connectivity index is 1.84. The van der Waals surface area contributed by atoms with E-state index in [1.165, 1.54) is 16.9 Å². The van der Waals surface area contributed by atoms with Crippen LogP contribution in [0.15, 0.2) is 30.6 Å². The molecule has 1 aromatic carbocycles. The van der Waals surface area contributed by atoms with Gasteiger partial charge in [-0.25, -0.2) is 4.98 Å². The number of aldehydes is 1. The lowest BCUT2D eigenvalue weighted by molar-refractivity contribution is -0.111. The minimum atomic E-state index is 0.113. The summed E-state index contributed by atoms with van der Waals surface area (Å²) in [5, 5.41) is 0. The van der Waals surface area contributed by atoms with E-state index in [1.54, 1.807) is 0 Å². The molecule has 21 heavy (non-hydrogen) atoms. The van der Waals surface area contributed by atoms with Crippen molar-refractivity contribution in [3.05, 3.63) is 47.5 Å². The number of imidazole rings is 1. The fourth-order valence-corrected chi connectivity index (χ4v) is 3.20. The molecule has 3 nitrogen and oxygen atoms in total. The number of hydrogen-bond donors (Lipinski definition) is 0. The second-order valence-electron chi connectivity index (χ2n) is 5.88. The number of carbonyl (C=O) groups excluding carboxylic acids is 1. The number of unbranched alkanes of at least 4 members (excludes halogenated alkanes) is 1. The Hall–Kier alpha value is -1.90. The maximum absolute atomic E-state index is 11.3. The summed E-state index contributed by atoms with van der Waals surface area (Å²) in [6.07, 6.45) is 9.13. The number of aromatic nitrogens is 2. The third-order valence-corrected chi connectivity index (χ3v) is 4.41. The van der Waals surface area contributed by atoms with Gasteiger partial charge in [-0.2, -0.15) is 0 Å². The number of hydrogen-bond acceptors (Lipinski definition) is 2. The molecule has 0 amide bonds. The van der Waals surface area contributed by atoms with Crippen LogP contribution in [0.25, 0.3) is 5.69 Å². The molecule has 0 aliphatic carbocycles. The Labute approximate surface area is 126 Å². The highest BCUT2D eigenvalue weighted by Gasteiger charge is 2.21. The van der Waals surface area contributed by atoms with Crippen molar-refractivity contribution >= 4 is 6.29 Å². The summed E-state index contributed by atoms with van der Waals surface area (Å²) in [6, 6.07) is 8.50. The van der Waals surface area contributed by atoms with Crippen molar-refractivity contribution in [1.29, 1.82) is 0 Å². The van der Waals surface area contributed by atoms with E-state index in [4.69, 9.17) is 0 Å². The van der Waals surface area contributed by atoms with Crippen LogP contribution in [-0.2, 0) is 24.1 Å². The Bertz CT molecular complexity index is 630. The first-order valence-corrected chi connectivity index (χ1v) is 7.92. The molecule has 110 valence electrons. The minimum Gasteiger partial charge on any atom is -0.303 e. The molecule has 0 bridgehead atoms.